The van der Waals surface area contributed by atoms with E-state index in [1.54, 1.807) is 6.33 Å². The molecule has 1 saturated heterocycles. The third-order valence-corrected chi connectivity index (χ3v) is 5.27. The summed E-state index contributed by atoms with van der Waals surface area (Å²) in [4.78, 5) is 19.1. The Labute approximate surface area is 148 Å². The summed E-state index contributed by atoms with van der Waals surface area (Å²) in [5, 5.41) is 7.25. The monoisotopic (exact) mass is 339 g/mol. The van der Waals surface area contributed by atoms with Crippen LogP contribution < -0.4 is 5.32 Å². The van der Waals surface area contributed by atoms with Crippen LogP contribution in [0.25, 0.3) is 0 Å². The Balaban J connectivity index is 1.27. The highest BCUT2D eigenvalue weighted by atomic mass is 16.1. The number of nitrogens with one attached hydrogen (secondary N) is 1. The molecule has 0 bridgehead atoms. The van der Waals surface area contributed by atoms with Gasteiger partial charge >= 0.3 is 0 Å². The van der Waals surface area contributed by atoms with Crippen molar-refractivity contribution >= 4 is 5.91 Å². The number of aryl methyl sites for hydroxylation is 1. The van der Waals surface area contributed by atoms with Gasteiger partial charge in [-0.15, -0.1) is 0 Å². The minimum atomic E-state index is -0.0105. The largest absolute Gasteiger partial charge is 0.352 e. The molecule has 1 aromatic heterocycles. The molecule has 1 unspecified atom stereocenters. The van der Waals surface area contributed by atoms with Crippen LogP contribution in [0.15, 0.2) is 30.6 Å². The summed E-state index contributed by atoms with van der Waals surface area (Å²) in [5.74, 6) is 1.09. The average molecular weight is 339 g/mol. The summed E-state index contributed by atoms with van der Waals surface area (Å²) in [5.41, 5.74) is 2.50. The fourth-order valence-electron chi connectivity index (χ4n) is 3.75. The van der Waals surface area contributed by atoms with E-state index < -0.39 is 0 Å². The van der Waals surface area contributed by atoms with E-state index in [1.165, 1.54) is 31.5 Å². The van der Waals surface area contributed by atoms with Gasteiger partial charge in [-0.3, -0.25) is 9.69 Å². The molecule has 4 rings (SSSR count). The van der Waals surface area contributed by atoms with Crippen LogP contribution in [0, 0.1) is 5.92 Å². The molecule has 25 heavy (non-hydrogen) atoms. The first kappa shape index (κ1) is 16.3. The topological polar surface area (TPSA) is 63.1 Å². The lowest BCUT2D eigenvalue weighted by molar-refractivity contribution is -0.126. The Morgan fingerprint density at radius 1 is 1.16 bits per heavy atom. The Bertz CT molecular complexity index is 718. The van der Waals surface area contributed by atoms with Crippen molar-refractivity contribution in [2.24, 2.45) is 5.92 Å². The van der Waals surface area contributed by atoms with E-state index in [-0.39, 0.29) is 11.8 Å². The van der Waals surface area contributed by atoms with E-state index >= 15 is 0 Å². The molecule has 2 aliphatic heterocycles. The number of hydrogen-bond donors (Lipinski definition) is 1. The molecule has 1 atom stereocenters. The second kappa shape index (κ2) is 7.35. The molecule has 0 radical (unpaired) electrons. The summed E-state index contributed by atoms with van der Waals surface area (Å²) < 4.78 is 1.85. The predicted octanol–water partition coefficient (Wildman–Crippen LogP) is 1.75. The quantitative estimate of drug-likeness (QED) is 0.901. The van der Waals surface area contributed by atoms with Gasteiger partial charge in [-0.1, -0.05) is 24.3 Å². The summed E-state index contributed by atoms with van der Waals surface area (Å²) in [7, 11) is 0. The second-order valence-electron chi connectivity index (χ2n) is 7.11. The summed E-state index contributed by atoms with van der Waals surface area (Å²) in [6.07, 6.45) is 5.88. The van der Waals surface area contributed by atoms with Crippen molar-refractivity contribution < 1.29 is 4.79 Å². The number of nitrogens with zero attached hydrogens (tertiary/aromatic N) is 4. The van der Waals surface area contributed by atoms with Crippen LogP contribution in [0.1, 0.15) is 36.2 Å². The van der Waals surface area contributed by atoms with E-state index in [0.29, 0.717) is 13.1 Å². The Hall–Kier alpha value is -2.21. The molecular formula is C19H25N5O. The minimum Gasteiger partial charge on any atom is -0.352 e. The molecule has 6 heteroatoms. The molecule has 0 aliphatic carbocycles. The first-order valence-electron chi connectivity index (χ1n) is 9.22. The maximum atomic E-state index is 12.4. The van der Waals surface area contributed by atoms with E-state index in [4.69, 9.17) is 0 Å². The van der Waals surface area contributed by atoms with E-state index in [0.717, 1.165) is 30.8 Å². The number of amides is 1. The standard InChI is InChI=1S/C19H25N5O/c25-19(17-7-8-18-21-14-22-24(18)13-17)20-11-15-3-5-16(6-4-15)12-23-9-1-2-10-23/h3-6,14,17H,1-2,7-13H2,(H,20,25). The highest BCUT2D eigenvalue weighted by Gasteiger charge is 2.25. The van der Waals surface area contributed by atoms with Gasteiger partial charge in [0, 0.05) is 19.5 Å². The Morgan fingerprint density at radius 3 is 2.72 bits per heavy atom. The predicted molar refractivity (Wildman–Crippen MR) is 94.6 cm³/mol. The fourth-order valence-corrected chi connectivity index (χ4v) is 3.75. The first-order chi connectivity index (χ1) is 12.3. The van der Waals surface area contributed by atoms with E-state index in [1.807, 2.05) is 4.68 Å². The summed E-state index contributed by atoms with van der Waals surface area (Å²) >= 11 is 0. The maximum absolute atomic E-state index is 12.4. The lowest BCUT2D eigenvalue weighted by atomic mass is 9.99. The Kier molecular flexibility index (Phi) is 4.78. The van der Waals surface area contributed by atoms with Gasteiger partial charge in [-0.05, 0) is 43.5 Å². The van der Waals surface area contributed by atoms with Crippen LogP contribution >= 0.6 is 0 Å². The number of carbonyl (C=O) groups is 1. The molecule has 1 amide bonds. The molecule has 1 fully saturated rings. The Morgan fingerprint density at radius 2 is 1.92 bits per heavy atom. The van der Waals surface area contributed by atoms with Crippen molar-refractivity contribution in [3.63, 3.8) is 0 Å². The van der Waals surface area contributed by atoms with Crippen LogP contribution in [-0.2, 0) is 30.8 Å². The molecule has 1 aromatic carbocycles. The van der Waals surface area contributed by atoms with Crippen molar-refractivity contribution in [2.45, 2.75) is 45.3 Å². The molecule has 2 aromatic rings. The smallest absolute Gasteiger partial charge is 0.225 e. The van der Waals surface area contributed by atoms with Gasteiger partial charge < -0.3 is 5.32 Å². The number of fused-ring (bicyclic) bond motifs is 1. The third kappa shape index (κ3) is 3.90. The fraction of sp³-hybridized carbons (Fsp3) is 0.526. The lowest BCUT2D eigenvalue weighted by Crippen LogP contribution is -2.36. The summed E-state index contributed by atoms with van der Waals surface area (Å²) in [6, 6.07) is 8.62. The highest BCUT2D eigenvalue weighted by Crippen LogP contribution is 2.18. The number of carbonyl (C=O) groups excluding carboxylic acids is 1. The molecule has 0 spiro atoms. The zero-order valence-corrected chi connectivity index (χ0v) is 14.5. The van der Waals surface area contributed by atoms with Gasteiger partial charge in [-0.2, -0.15) is 5.10 Å². The van der Waals surface area contributed by atoms with E-state index in [9.17, 15) is 4.79 Å². The zero-order valence-electron chi connectivity index (χ0n) is 14.5. The number of hydrogen-bond acceptors (Lipinski definition) is 4. The summed E-state index contributed by atoms with van der Waals surface area (Å²) in [6.45, 7) is 4.69. The number of aromatic nitrogens is 3. The highest BCUT2D eigenvalue weighted by molar-refractivity contribution is 5.78. The van der Waals surface area contributed by atoms with Crippen molar-refractivity contribution in [3.8, 4) is 0 Å². The van der Waals surface area contributed by atoms with Crippen molar-refractivity contribution in [1.29, 1.82) is 0 Å². The molecular weight excluding hydrogens is 314 g/mol. The van der Waals surface area contributed by atoms with Gasteiger partial charge in [0.05, 0.1) is 12.5 Å². The van der Waals surface area contributed by atoms with Gasteiger partial charge in [-0.25, -0.2) is 9.67 Å². The number of rotatable bonds is 5. The minimum absolute atomic E-state index is 0.0105. The van der Waals surface area contributed by atoms with Crippen LogP contribution in [0.4, 0.5) is 0 Å². The number of benzene rings is 1. The average Bonchev–Trinajstić information content (AvgIpc) is 3.31. The van der Waals surface area contributed by atoms with Crippen LogP contribution in [0.3, 0.4) is 0 Å². The third-order valence-electron chi connectivity index (χ3n) is 5.27. The van der Waals surface area contributed by atoms with Crippen molar-refractivity contribution in [1.82, 2.24) is 25.0 Å². The molecule has 3 heterocycles. The number of likely N-dealkylation sites (tertiary alicyclic amines) is 1. The maximum Gasteiger partial charge on any atom is 0.225 e. The van der Waals surface area contributed by atoms with Crippen LogP contribution in [0.2, 0.25) is 0 Å². The SMILES string of the molecule is O=C(NCc1ccc(CN2CCCC2)cc1)C1CCc2ncnn2C1. The lowest BCUT2D eigenvalue weighted by Gasteiger charge is -2.21. The molecule has 0 saturated carbocycles. The molecule has 1 N–H and O–H groups in total. The molecule has 6 nitrogen and oxygen atoms in total. The van der Waals surface area contributed by atoms with Crippen LogP contribution in [-0.4, -0.2) is 38.7 Å². The van der Waals surface area contributed by atoms with Crippen LogP contribution in [0.5, 0.6) is 0 Å². The second-order valence-corrected chi connectivity index (χ2v) is 7.11. The zero-order chi connectivity index (χ0) is 17.1. The van der Waals surface area contributed by atoms with Crippen molar-refractivity contribution in [3.05, 3.63) is 47.5 Å². The van der Waals surface area contributed by atoms with Gasteiger partial charge in [0.15, 0.2) is 0 Å². The van der Waals surface area contributed by atoms with Gasteiger partial charge in [0.1, 0.15) is 12.2 Å². The molecule has 2 aliphatic rings. The molecule has 132 valence electrons. The van der Waals surface area contributed by atoms with Gasteiger partial charge in [0.25, 0.3) is 0 Å². The first-order valence-corrected chi connectivity index (χ1v) is 9.22. The normalized spacial score (nSPS) is 20.4. The van der Waals surface area contributed by atoms with Crippen molar-refractivity contribution in [2.75, 3.05) is 13.1 Å². The van der Waals surface area contributed by atoms with Gasteiger partial charge in [0.2, 0.25) is 5.91 Å². The van der Waals surface area contributed by atoms with E-state index in [2.05, 4.69) is 44.6 Å².